The smallest absolute Gasteiger partial charge is 0.333 e. The maximum absolute atomic E-state index is 13.0. The lowest BCUT2D eigenvalue weighted by Gasteiger charge is -2.13. The maximum atomic E-state index is 13.0. The summed E-state index contributed by atoms with van der Waals surface area (Å²) in [6.45, 7) is 6.12. The summed E-state index contributed by atoms with van der Waals surface area (Å²) in [5, 5.41) is 4.42. The van der Waals surface area contributed by atoms with Gasteiger partial charge in [-0.05, 0) is 31.9 Å². The van der Waals surface area contributed by atoms with E-state index >= 15 is 0 Å². The van der Waals surface area contributed by atoms with Gasteiger partial charge in [0.15, 0.2) is 17.2 Å². The van der Waals surface area contributed by atoms with Gasteiger partial charge in [0.2, 0.25) is 0 Å². The van der Waals surface area contributed by atoms with E-state index in [1.807, 2.05) is 25.5 Å². The van der Waals surface area contributed by atoms with Gasteiger partial charge in [-0.3, -0.25) is 14.0 Å². The largest absolute Gasteiger partial charge is 0.434 e. The molecule has 0 aliphatic rings. The van der Waals surface area contributed by atoms with Crippen LogP contribution in [0.5, 0.6) is 0 Å². The monoisotopic (exact) mass is 508 g/mol. The number of nitrogens with zero attached hydrogens (tertiary/aromatic N) is 8. The fraction of sp³-hybridized carbons (Fsp3) is 0.280. The second-order valence-corrected chi connectivity index (χ2v) is 9.05. The molecule has 37 heavy (non-hydrogen) atoms. The van der Waals surface area contributed by atoms with Crippen LogP contribution in [-0.2, 0) is 19.8 Å². The Morgan fingerprint density at radius 1 is 1.00 bits per heavy atom. The summed E-state index contributed by atoms with van der Waals surface area (Å²) in [5.74, 6) is 0.628. The van der Waals surface area contributed by atoms with E-state index in [-0.39, 0.29) is 24.0 Å². The maximum Gasteiger partial charge on any atom is 0.434 e. The molecular weight excluding hydrogens is 485 g/mol. The van der Waals surface area contributed by atoms with Crippen molar-refractivity contribution in [2.75, 3.05) is 0 Å². The van der Waals surface area contributed by atoms with Gasteiger partial charge < -0.3 is 4.57 Å². The zero-order valence-corrected chi connectivity index (χ0v) is 20.5. The lowest BCUT2D eigenvalue weighted by Crippen LogP contribution is -2.22. The molecule has 0 saturated carbocycles. The fourth-order valence-electron chi connectivity index (χ4n) is 4.15. The molecular formula is C25H23F3N8O. The van der Waals surface area contributed by atoms with Crippen molar-refractivity contribution in [1.29, 1.82) is 0 Å². The van der Waals surface area contributed by atoms with Crippen LogP contribution in [0.2, 0.25) is 0 Å². The number of benzene rings is 1. The third kappa shape index (κ3) is 4.50. The molecule has 5 rings (SSSR count). The number of fused-ring (bicyclic) bond motifs is 1. The summed E-state index contributed by atoms with van der Waals surface area (Å²) in [6.07, 6.45) is 0.977. The van der Waals surface area contributed by atoms with Crippen molar-refractivity contribution in [3.05, 3.63) is 76.2 Å². The summed E-state index contributed by atoms with van der Waals surface area (Å²) in [6, 6.07) is 6.93. The zero-order chi connectivity index (χ0) is 26.5. The number of imidazole rings is 1. The average Bonchev–Trinajstić information content (AvgIpc) is 3.44. The van der Waals surface area contributed by atoms with Crippen LogP contribution in [0.3, 0.4) is 0 Å². The molecule has 4 aromatic heterocycles. The van der Waals surface area contributed by atoms with Crippen molar-refractivity contribution in [3.63, 3.8) is 0 Å². The molecule has 0 amide bonds. The molecule has 5 aromatic rings. The van der Waals surface area contributed by atoms with Gasteiger partial charge in [0, 0.05) is 24.8 Å². The van der Waals surface area contributed by atoms with E-state index in [0.29, 0.717) is 22.6 Å². The van der Waals surface area contributed by atoms with Crippen LogP contribution in [-0.4, -0.2) is 38.9 Å². The van der Waals surface area contributed by atoms with E-state index < -0.39 is 11.9 Å². The number of rotatable bonds is 5. The first-order chi connectivity index (χ1) is 17.5. The molecule has 0 bridgehead atoms. The van der Waals surface area contributed by atoms with Gasteiger partial charge in [-0.15, -0.1) is 0 Å². The van der Waals surface area contributed by atoms with Crippen LogP contribution in [0.25, 0.3) is 34.1 Å². The van der Waals surface area contributed by atoms with E-state index in [2.05, 4.69) is 25.0 Å². The van der Waals surface area contributed by atoms with Gasteiger partial charge in [0.25, 0.3) is 5.56 Å². The Morgan fingerprint density at radius 2 is 1.73 bits per heavy atom. The number of aryl methyl sites for hydroxylation is 2. The molecule has 0 fully saturated rings. The standard InChI is InChI=1S/C25H23F3N8O/c1-14(2)36-21(15(3)9-31-36)22-30-10-18-24(33-22)35(20(37)11-29-18)12-16-5-7-17(8-6-16)23-32-19(13-34(23)4)25(26,27)28/h5-11,13-14H,12H2,1-4H3. The van der Waals surface area contributed by atoms with Crippen LogP contribution in [0, 0.1) is 6.92 Å². The number of halogens is 3. The molecule has 0 N–H and O–H groups in total. The van der Waals surface area contributed by atoms with Gasteiger partial charge >= 0.3 is 6.18 Å². The average molecular weight is 509 g/mol. The van der Waals surface area contributed by atoms with Crippen molar-refractivity contribution in [2.24, 2.45) is 7.05 Å². The molecule has 4 heterocycles. The Kier molecular flexibility index (Phi) is 5.89. The molecule has 0 aliphatic heterocycles. The highest BCUT2D eigenvalue weighted by Crippen LogP contribution is 2.31. The number of hydrogen-bond donors (Lipinski definition) is 0. The highest BCUT2D eigenvalue weighted by atomic mass is 19.4. The first-order valence-electron chi connectivity index (χ1n) is 11.5. The predicted molar refractivity (Wildman–Crippen MR) is 131 cm³/mol. The Bertz CT molecular complexity index is 1660. The summed E-state index contributed by atoms with van der Waals surface area (Å²) in [7, 11) is 1.51. The predicted octanol–water partition coefficient (Wildman–Crippen LogP) is 4.41. The normalized spacial score (nSPS) is 12.1. The molecule has 0 unspecified atom stereocenters. The van der Waals surface area contributed by atoms with E-state index in [1.54, 1.807) is 36.7 Å². The van der Waals surface area contributed by atoms with Crippen LogP contribution >= 0.6 is 0 Å². The summed E-state index contributed by atoms with van der Waals surface area (Å²) < 4.78 is 43.8. The van der Waals surface area contributed by atoms with Gasteiger partial charge in [-0.1, -0.05) is 24.3 Å². The van der Waals surface area contributed by atoms with Crippen molar-refractivity contribution in [3.8, 4) is 22.9 Å². The van der Waals surface area contributed by atoms with Crippen LogP contribution in [0.1, 0.15) is 36.7 Å². The van der Waals surface area contributed by atoms with Gasteiger partial charge in [0.05, 0.1) is 25.1 Å². The Balaban J connectivity index is 1.52. The fourth-order valence-corrected chi connectivity index (χ4v) is 4.15. The summed E-state index contributed by atoms with van der Waals surface area (Å²) in [5.41, 5.74) is 2.49. The zero-order valence-electron chi connectivity index (χ0n) is 20.5. The molecule has 12 heteroatoms. The third-order valence-electron chi connectivity index (χ3n) is 5.98. The third-order valence-corrected chi connectivity index (χ3v) is 5.98. The lowest BCUT2D eigenvalue weighted by molar-refractivity contribution is -0.140. The number of alkyl halides is 3. The van der Waals surface area contributed by atoms with Gasteiger partial charge in [-0.2, -0.15) is 18.3 Å². The molecule has 0 saturated heterocycles. The Labute approximate surface area is 209 Å². The van der Waals surface area contributed by atoms with Crippen LogP contribution in [0.4, 0.5) is 13.2 Å². The van der Waals surface area contributed by atoms with Crippen molar-refractivity contribution >= 4 is 11.2 Å². The number of hydrogen-bond acceptors (Lipinski definition) is 6. The SMILES string of the molecule is Cc1cnn(C(C)C)c1-c1ncc2ncc(=O)n(Cc3ccc(-c4nc(C(F)(F)F)cn4C)cc3)c2n1. The van der Waals surface area contributed by atoms with E-state index in [9.17, 15) is 18.0 Å². The van der Waals surface area contributed by atoms with Gasteiger partial charge in [-0.25, -0.2) is 19.9 Å². The van der Waals surface area contributed by atoms with Crippen molar-refractivity contribution in [2.45, 2.75) is 39.5 Å². The molecule has 0 atom stereocenters. The topological polar surface area (TPSA) is 96.3 Å². The minimum atomic E-state index is -4.52. The lowest BCUT2D eigenvalue weighted by atomic mass is 10.1. The highest BCUT2D eigenvalue weighted by Gasteiger charge is 2.34. The Hall–Kier alpha value is -4.35. The molecule has 9 nitrogen and oxygen atoms in total. The summed E-state index contributed by atoms with van der Waals surface area (Å²) in [4.78, 5) is 29.9. The first kappa shape index (κ1) is 24.3. The van der Waals surface area contributed by atoms with E-state index in [4.69, 9.17) is 0 Å². The summed E-state index contributed by atoms with van der Waals surface area (Å²) >= 11 is 0. The molecule has 1 aromatic carbocycles. The minimum absolute atomic E-state index is 0.0866. The highest BCUT2D eigenvalue weighted by molar-refractivity contribution is 5.72. The van der Waals surface area contributed by atoms with Crippen LogP contribution in [0.15, 0.2) is 53.8 Å². The second kappa shape index (κ2) is 8.95. The molecule has 0 aliphatic carbocycles. The molecule has 0 spiro atoms. The quantitative estimate of drug-likeness (QED) is 0.349. The minimum Gasteiger partial charge on any atom is -0.333 e. The van der Waals surface area contributed by atoms with Crippen molar-refractivity contribution in [1.82, 2.24) is 38.9 Å². The van der Waals surface area contributed by atoms with E-state index in [1.165, 1.54) is 22.4 Å². The van der Waals surface area contributed by atoms with Crippen molar-refractivity contribution < 1.29 is 13.2 Å². The number of aromatic nitrogens is 8. The van der Waals surface area contributed by atoms with E-state index in [0.717, 1.165) is 23.0 Å². The second-order valence-electron chi connectivity index (χ2n) is 9.05. The Morgan fingerprint density at radius 3 is 2.38 bits per heavy atom. The first-order valence-corrected chi connectivity index (χ1v) is 11.5. The van der Waals surface area contributed by atoms with Crippen LogP contribution < -0.4 is 5.56 Å². The molecule has 0 radical (unpaired) electrons. The molecule has 190 valence electrons. The van der Waals surface area contributed by atoms with Gasteiger partial charge in [0.1, 0.15) is 17.0 Å².